The van der Waals surface area contributed by atoms with Crippen LogP contribution in [0.5, 0.6) is 11.5 Å². The summed E-state index contributed by atoms with van der Waals surface area (Å²) in [5.41, 5.74) is 2.01. The third-order valence-corrected chi connectivity index (χ3v) is 5.70. The van der Waals surface area contributed by atoms with Gasteiger partial charge in [0.15, 0.2) is 0 Å². The summed E-state index contributed by atoms with van der Waals surface area (Å²) in [6, 6.07) is 14.7. The lowest BCUT2D eigenvalue weighted by atomic mass is 10.2. The van der Waals surface area contributed by atoms with Gasteiger partial charge in [0.05, 0.1) is 44.0 Å². The smallest absolute Gasteiger partial charge is 0.247 e. The number of benzene rings is 2. The predicted octanol–water partition coefficient (Wildman–Crippen LogP) is 4.20. The minimum Gasteiger partial charge on any atom is -0.494 e. The molecule has 0 saturated carbocycles. The van der Waals surface area contributed by atoms with Gasteiger partial charge in [0, 0.05) is 31.9 Å². The predicted molar refractivity (Wildman–Crippen MR) is 144 cm³/mol. The van der Waals surface area contributed by atoms with Crippen LogP contribution in [0.3, 0.4) is 0 Å². The summed E-state index contributed by atoms with van der Waals surface area (Å²) in [5.74, 6) is 1.99. The molecule has 3 aromatic rings. The molecule has 1 saturated heterocycles. The van der Waals surface area contributed by atoms with Crippen LogP contribution in [0, 0.1) is 0 Å². The van der Waals surface area contributed by atoms with Crippen LogP contribution in [0.15, 0.2) is 67.4 Å². The van der Waals surface area contributed by atoms with E-state index in [-0.39, 0.29) is 5.91 Å². The lowest BCUT2D eigenvalue weighted by Crippen LogP contribution is -2.37. The molecule has 194 valence electrons. The minimum absolute atomic E-state index is 0.295. The average molecular weight is 505 g/mol. The van der Waals surface area contributed by atoms with Crippen molar-refractivity contribution in [2.24, 2.45) is 0 Å². The van der Waals surface area contributed by atoms with Gasteiger partial charge in [-0.05, 0) is 42.8 Å². The highest BCUT2D eigenvalue weighted by atomic mass is 16.5. The van der Waals surface area contributed by atoms with Crippen LogP contribution in [-0.2, 0) is 9.53 Å². The molecule has 3 N–H and O–H groups in total. The number of rotatable bonds is 12. The average Bonchev–Trinajstić information content (AvgIpc) is 2.93. The summed E-state index contributed by atoms with van der Waals surface area (Å²) >= 11 is 0. The molecule has 1 aliphatic heterocycles. The molecular weight excluding hydrogens is 472 g/mol. The number of carbonyl (C=O) groups excluding carboxylic acids is 1. The number of ether oxygens (including phenoxy) is 3. The zero-order valence-corrected chi connectivity index (χ0v) is 20.9. The molecule has 0 unspecified atom stereocenters. The van der Waals surface area contributed by atoms with E-state index >= 15 is 0 Å². The molecule has 2 aromatic carbocycles. The van der Waals surface area contributed by atoms with Crippen molar-refractivity contribution in [3.8, 4) is 11.5 Å². The largest absolute Gasteiger partial charge is 0.494 e. The Hall–Kier alpha value is -4.15. The number of para-hydroxylation sites is 2. The Morgan fingerprint density at radius 3 is 2.70 bits per heavy atom. The zero-order valence-electron chi connectivity index (χ0n) is 20.9. The Labute approximate surface area is 216 Å². The Kier molecular flexibility index (Phi) is 9.28. The standard InChI is InChI=1S/C27H32N6O4/c1-3-26(34)30-22-8-5-4-7-21(22)29-25-11-12-28-27(32-25)31-23-10-9-20(19-24(23)35-2)37-16-6-13-33-14-17-36-18-15-33/h3-5,7-12,19H,1,6,13-18H2,2H3,(H,30,34)(H2,28,29,31,32). The monoisotopic (exact) mass is 504 g/mol. The van der Waals surface area contributed by atoms with Crippen LogP contribution in [0.25, 0.3) is 0 Å². The van der Waals surface area contributed by atoms with Crippen LogP contribution in [0.2, 0.25) is 0 Å². The van der Waals surface area contributed by atoms with Crippen LogP contribution in [-0.4, -0.2) is 67.3 Å². The van der Waals surface area contributed by atoms with Gasteiger partial charge >= 0.3 is 0 Å². The van der Waals surface area contributed by atoms with E-state index in [1.165, 1.54) is 6.08 Å². The van der Waals surface area contributed by atoms with Crippen molar-refractivity contribution in [1.82, 2.24) is 14.9 Å². The van der Waals surface area contributed by atoms with Crippen molar-refractivity contribution >= 4 is 34.7 Å². The van der Waals surface area contributed by atoms with E-state index < -0.39 is 0 Å². The number of methoxy groups -OCH3 is 1. The summed E-state index contributed by atoms with van der Waals surface area (Å²) in [7, 11) is 1.61. The van der Waals surface area contributed by atoms with E-state index in [1.54, 1.807) is 25.4 Å². The molecular formula is C27H32N6O4. The van der Waals surface area contributed by atoms with Crippen LogP contribution >= 0.6 is 0 Å². The summed E-state index contributed by atoms with van der Waals surface area (Å²) in [6.45, 7) is 8.67. The highest BCUT2D eigenvalue weighted by molar-refractivity contribution is 6.01. The van der Waals surface area contributed by atoms with Crippen molar-refractivity contribution in [3.05, 3.63) is 67.4 Å². The molecule has 4 rings (SSSR count). The first kappa shape index (κ1) is 25.9. The highest BCUT2D eigenvalue weighted by Gasteiger charge is 2.11. The number of carbonyl (C=O) groups is 1. The van der Waals surface area contributed by atoms with Crippen LogP contribution in [0.4, 0.5) is 28.8 Å². The van der Waals surface area contributed by atoms with E-state index in [2.05, 4.69) is 37.4 Å². The molecule has 10 nitrogen and oxygen atoms in total. The minimum atomic E-state index is -0.295. The van der Waals surface area contributed by atoms with Gasteiger partial charge in [-0.25, -0.2) is 4.98 Å². The third kappa shape index (κ3) is 7.66. The number of anilines is 5. The molecule has 0 radical (unpaired) electrons. The number of morpholine rings is 1. The Morgan fingerprint density at radius 1 is 1.11 bits per heavy atom. The maximum absolute atomic E-state index is 11.7. The fraction of sp³-hybridized carbons (Fsp3) is 0.296. The first-order valence-electron chi connectivity index (χ1n) is 12.1. The second-order valence-corrected chi connectivity index (χ2v) is 8.27. The second kappa shape index (κ2) is 13.2. The molecule has 1 fully saturated rings. The van der Waals surface area contributed by atoms with Crippen molar-refractivity contribution in [2.45, 2.75) is 6.42 Å². The quantitative estimate of drug-likeness (QED) is 0.247. The topological polar surface area (TPSA) is 110 Å². The van der Waals surface area contributed by atoms with E-state index in [0.29, 0.717) is 41.2 Å². The lowest BCUT2D eigenvalue weighted by Gasteiger charge is -2.26. The van der Waals surface area contributed by atoms with Gasteiger partial charge in [-0.2, -0.15) is 4.98 Å². The van der Waals surface area contributed by atoms with Crippen LogP contribution < -0.4 is 25.4 Å². The number of nitrogens with one attached hydrogen (secondary N) is 3. The number of hydrogen-bond acceptors (Lipinski definition) is 9. The van der Waals surface area contributed by atoms with E-state index in [9.17, 15) is 4.79 Å². The molecule has 2 heterocycles. The van der Waals surface area contributed by atoms with Gasteiger partial charge in [0.1, 0.15) is 17.3 Å². The summed E-state index contributed by atoms with van der Waals surface area (Å²) in [5, 5.41) is 9.19. The van der Waals surface area contributed by atoms with Gasteiger partial charge < -0.3 is 30.2 Å². The molecule has 10 heteroatoms. The Bertz CT molecular complexity index is 1200. The summed E-state index contributed by atoms with van der Waals surface area (Å²) in [6.07, 6.45) is 3.80. The second-order valence-electron chi connectivity index (χ2n) is 8.27. The number of nitrogens with zero attached hydrogens (tertiary/aromatic N) is 3. The first-order chi connectivity index (χ1) is 18.1. The zero-order chi connectivity index (χ0) is 25.9. The van der Waals surface area contributed by atoms with E-state index in [1.807, 2.05) is 36.4 Å². The molecule has 0 bridgehead atoms. The van der Waals surface area contributed by atoms with E-state index in [4.69, 9.17) is 14.2 Å². The lowest BCUT2D eigenvalue weighted by molar-refractivity contribution is -0.111. The van der Waals surface area contributed by atoms with Crippen molar-refractivity contribution in [2.75, 3.05) is 62.5 Å². The van der Waals surface area contributed by atoms with E-state index in [0.717, 1.165) is 45.0 Å². The fourth-order valence-electron chi connectivity index (χ4n) is 3.80. The van der Waals surface area contributed by atoms with Gasteiger partial charge in [-0.1, -0.05) is 18.7 Å². The Morgan fingerprint density at radius 2 is 1.92 bits per heavy atom. The molecule has 1 aromatic heterocycles. The van der Waals surface area contributed by atoms with Gasteiger partial charge in [0.2, 0.25) is 11.9 Å². The summed E-state index contributed by atoms with van der Waals surface area (Å²) in [4.78, 5) is 23.0. The number of hydrogen-bond donors (Lipinski definition) is 3. The van der Waals surface area contributed by atoms with Crippen molar-refractivity contribution in [3.63, 3.8) is 0 Å². The van der Waals surface area contributed by atoms with Crippen molar-refractivity contribution in [1.29, 1.82) is 0 Å². The third-order valence-electron chi connectivity index (χ3n) is 5.70. The normalized spacial score (nSPS) is 13.4. The molecule has 0 spiro atoms. The number of aromatic nitrogens is 2. The van der Waals surface area contributed by atoms with Gasteiger partial charge in [0.25, 0.3) is 0 Å². The molecule has 0 aliphatic carbocycles. The van der Waals surface area contributed by atoms with Crippen LogP contribution in [0.1, 0.15) is 6.42 Å². The Balaban J connectivity index is 1.36. The molecule has 1 aliphatic rings. The van der Waals surface area contributed by atoms with Gasteiger partial charge in [-0.15, -0.1) is 0 Å². The summed E-state index contributed by atoms with van der Waals surface area (Å²) < 4.78 is 16.9. The molecule has 0 atom stereocenters. The number of amides is 1. The van der Waals surface area contributed by atoms with Gasteiger partial charge in [-0.3, -0.25) is 9.69 Å². The molecule has 37 heavy (non-hydrogen) atoms. The maximum atomic E-state index is 11.7. The molecule has 1 amide bonds. The maximum Gasteiger partial charge on any atom is 0.247 e. The first-order valence-corrected chi connectivity index (χ1v) is 12.1. The fourth-order valence-corrected chi connectivity index (χ4v) is 3.80. The van der Waals surface area contributed by atoms with Crippen molar-refractivity contribution < 1.29 is 19.0 Å². The SMILES string of the molecule is C=CC(=O)Nc1ccccc1Nc1ccnc(Nc2ccc(OCCCN3CCOCC3)cc2OC)n1. The highest BCUT2D eigenvalue weighted by Crippen LogP contribution is 2.31.